The van der Waals surface area contributed by atoms with Gasteiger partial charge in [-0.15, -0.1) is 0 Å². The molecule has 0 aliphatic carbocycles. The molecule has 0 nitrogen and oxygen atoms in total. The van der Waals surface area contributed by atoms with Crippen LogP contribution in [0.2, 0.25) is 0 Å². The topological polar surface area (TPSA) is 0 Å². The van der Waals surface area contributed by atoms with Crippen LogP contribution in [-0.2, 0) is 0 Å². The highest BCUT2D eigenvalue weighted by atomic mass is 79.9. The summed E-state index contributed by atoms with van der Waals surface area (Å²) in [6.45, 7) is 2.17. The average Bonchev–Trinajstić information content (AvgIpc) is 2.19. The average molecular weight is 383 g/mol. The molecule has 0 aromatic heterocycles. The minimum atomic E-state index is 0.942. The summed E-state index contributed by atoms with van der Waals surface area (Å²) in [7, 11) is 0. The molecule has 0 N–H and O–H groups in total. The summed E-state index contributed by atoms with van der Waals surface area (Å²) in [5, 5.41) is 0.942. The monoisotopic (exact) mass is 380 g/mol. The van der Waals surface area contributed by atoms with E-state index < -0.39 is 0 Å². The lowest BCUT2D eigenvalue weighted by Crippen LogP contribution is -1.82. The molecule has 76 valence electrons. The SMILES string of the molecule is CC/C(=C/c1ccc(Br)c(Br)c1)CBr. The normalized spacial score (nSPS) is 11.9. The molecule has 14 heavy (non-hydrogen) atoms. The Morgan fingerprint density at radius 2 is 2.00 bits per heavy atom. The molecule has 1 aromatic rings. The largest absolute Gasteiger partial charge is 0.0880 e. The fourth-order valence-electron chi connectivity index (χ4n) is 1.07. The van der Waals surface area contributed by atoms with Gasteiger partial charge in [0.1, 0.15) is 0 Å². The van der Waals surface area contributed by atoms with E-state index in [9.17, 15) is 0 Å². The highest BCUT2D eigenvalue weighted by molar-refractivity contribution is 9.13. The molecule has 1 rings (SSSR count). The molecule has 0 aliphatic heterocycles. The highest BCUT2D eigenvalue weighted by Crippen LogP contribution is 2.25. The Morgan fingerprint density at radius 1 is 1.29 bits per heavy atom. The molecule has 0 unspecified atom stereocenters. The third kappa shape index (κ3) is 3.52. The number of allylic oxidation sites excluding steroid dienone is 1. The van der Waals surface area contributed by atoms with Crippen molar-refractivity contribution < 1.29 is 0 Å². The van der Waals surface area contributed by atoms with Crippen LogP contribution >= 0.6 is 47.8 Å². The predicted octanol–water partition coefficient (Wildman–Crippen LogP) is 5.40. The van der Waals surface area contributed by atoms with E-state index >= 15 is 0 Å². The van der Waals surface area contributed by atoms with Crippen molar-refractivity contribution in [3.8, 4) is 0 Å². The fourth-order valence-corrected chi connectivity index (χ4v) is 2.27. The van der Waals surface area contributed by atoms with Gasteiger partial charge in [-0.05, 0) is 56.0 Å². The molecule has 0 radical (unpaired) electrons. The highest BCUT2D eigenvalue weighted by Gasteiger charge is 1.97. The first-order valence-corrected chi connectivity index (χ1v) is 7.08. The molecule has 0 heterocycles. The summed E-state index contributed by atoms with van der Waals surface area (Å²) in [6, 6.07) is 6.27. The standard InChI is InChI=1S/C11H11Br3/c1-2-8(7-12)5-9-3-4-10(13)11(14)6-9/h3-6H,2,7H2,1H3/b8-5-. The summed E-state index contributed by atoms with van der Waals surface area (Å²) in [6.07, 6.45) is 3.30. The number of alkyl halides is 1. The van der Waals surface area contributed by atoms with E-state index in [1.54, 1.807) is 0 Å². The van der Waals surface area contributed by atoms with Crippen LogP contribution in [0.5, 0.6) is 0 Å². The first-order chi connectivity index (χ1) is 6.67. The molecular formula is C11H11Br3. The summed E-state index contributed by atoms with van der Waals surface area (Å²) >= 11 is 10.4. The number of hydrogen-bond donors (Lipinski definition) is 0. The number of rotatable bonds is 3. The van der Waals surface area contributed by atoms with Crippen molar-refractivity contribution in [1.82, 2.24) is 0 Å². The second-order valence-corrected chi connectivity index (χ2v) is 5.23. The van der Waals surface area contributed by atoms with E-state index in [0.717, 1.165) is 20.7 Å². The minimum Gasteiger partial charge on any atom is -0.0880 e. The van der Waals surface area contributed by atoms with E-state index in [0.29, 0.717) is 0 Å². The van der Waals surface area contributed by atoms with Gasteiger partial charge in [0.2, 0.25) is 0 Å². The molecule has 1 aromatic carbocycles. The first-order valence-electron chi connectivity index (χ1n) is 4.37. The Hall–Kier alpha value is 0.400. The van der Waals surface area contributed by atoms with Gasteiger partial charge < -0.3 is 0 Å². The molecule has 0 saturated carbocycles. The van der Waals surface area contributed by atoms with E-state index in [-0.39, 0.29) is 0 Å². The smallest absolute Gasteiger partial charge is 0.0323 e. The lowest BCUT2D eigenvalue weighted by Gasteiger charge is -2.01. The summed E-state index contributed by atoms with van der Waals surface area (Å²) in [5.41, 5.74) is 2.63. The van der Waals surface area contributed by atoms with E-state index in [1.165, 1.54) is 11.1 Å². The van der Waals surface area contributed by atoms with Crippen LogP contribution < -0.4 is 0 Å². The van der Waals surface area contributed by atoms with Crippen molar-refractivity contribution in [2.75, 3.05) is 5.33 Å². The summed E-state index contributed by atoms with van der Waals surface area (Å²) < 4.78 is 2.18. The summed E-state index contributed by atoms with van der Waals surface area (Å²) in [4.78, 5) is 0. The minimum absolute atomic E-state index is 0.942. The van der Waals surface area contributed by atoms with Gasteiger partial charge in [-0.2, -0.15) is 0 Å². The van der Waals surface area contributed by atoms with Gasteiger partial charge in [0.25, 0.3) is 0 Å². The molecule has 0 spiro atoms. The van der Waals surface area contributed by atoms with Crippen molar-refractivity contribution in [3.63, 3.8) is 0 Å². The zero-order valence-corrected chi connectivity index (χ0v) is 12.6. The maximum Gasteiger partial charge on any atom is 0.0323 e. The van der Waals surface area contributed by atoms with Crippen LogP contribution in [0.15, 0.2) is 32.7 Å². The van der Waals surface area contributed by atoms with E-state index in [1.807, 2.05) is 0 Å². The van der Waals surface area contributed by atoms with Crippen LogP contribution in [0.1, 0.15) is 18.9 Å². The molecule has 3 heteroatoms. The van der Waals surface area contributed by atoms with Crippen LogP contribution in [0.4, 0.5) is 0 Å². The Bertz CT molecular complexity index is 336. The van der Waals surface area contributed by atoms with Crippen molar-refractivity contribution in [1.29, 1.82) is 0 Å². The molecule has 0 amide bonds. The Labute approximate surface area is 110 Å². The van der Waals surface area contributed by atoms with Crippen molar-refractivity contribution >= 4 is 53.9 Å². The van der Waals surface area contributed by atoms with Gasteiger partial charge in [-0.3, -0.25) is 0 Å². The van der Waals surface area contributed by atoms with Crippen LogP contribution in [0.3, 0.4) is 0 Å². The molecule has 0 aliphatic rings. The van der Waals surface area contributed by atoms with E-state index in [2.05, 4.69) is 79.0 Å². The second-order valence-electron chi connectivity index (χ2n) is 2.96. The fraction of sp³-hybridized carbons (Fsp3) is 0.273. The van der Waals surface area contributed by atoms with Crippen molar-refractivity contribution in [2.24, 2.45) is 0 Å². The maximum atomic E-state index is 3.49. The number of benzene rings is 1. The Balaban J connectivity index is 2.97. The van der Waals surface area contributed by atoms with Gasteiger partial charge in [0.15, 0.2) is 0 Å². The molecule has 0 bridgehead atoms. The van der Waals surface area contributed by atoms with Gasteiger partial charge >= 0.3 is 0 Å². The van der Waals surface area contributed by atoms with Gasteiger partial charge in [-0.1, -0.05) is 40.6 Å². The number of hydrogen-bond acceptors (Lipinski definition) is 0. The van der Waals surface area contributed by atoms with Gasteiger partial charge in [-0.25, -0.2) is 0 Å². The Kier molecular flexibility index (Phi) is 5.42. The van der Waals surface area contributed by atoms with Crippen LogP contribution in [0.25, 0.3) is 6.08 Å². The Morgan fingerprint density at radius 3 is 2.50 bits per heavy atom. The lowest BCUT2D eigenvalue weighted by atomic mass is 10.1. The predicted molar refractivity (Wildman–Crippen MR) is 73.9 cm³/mol. The van der Waals surface area contributed by atoms with Crippen LogP contribution in [-0.4, -0.2) is 5.33 Å². The third-order valence-corrected chi connectivity index (χ3v) is 4.54. The van der Waals surface area contributed by atoms with Crippen molar-refractivity contribution in [2.45, 2.75) is 13.3 Å². The zero-order chi connectivity index (χ0) is 10.6. The van der Waals surface area contributed by atoms with E-state index in [4.69, 9.17) is 0 Å². The van der Waals surface area contributed by atoms with Gasteiger partial charge in [0.05, 0.1) is 0 Å². The lowest BCUT2D eigenvalue weighted by molar-refractivity contribution is 1.12. The van der Waals surface area contributed by atoms with Crippen LogP contribution in [0, 0.1) is 0 Å². The first kappa shape index (κ1) is 12.5. The molecular weight excluding hydrogens is 372 g/mol. The zero-order valence-electron chi connectivity index (χ0n) is 7.86. The summed E-state index contributed by atoms with van der Waals surface area (Å²) in [5.74, 6) is 0. The second kappa shape index (κ2) is 6.09. The molecule has 0 atom stereocenters. The molecule has 0 saturated heterocycles. The van der Waals surface area contributed by atoms with Crippen molar-refractivity contribution in [3.05, 3.63) is 38.3 Å². The molecule has 0 fully saturated rings. The third-order valence-electron chi connectivity index (χ3n) is 1.94. The van der Waals surface area contributed by atoms with Gasteiger partial charge in [0, 0.05) is 14.3 Å². The quantitative estimate of drug-likeness (QED) is 0.614. The maximum absolute atomic E-state index is 3.49. The number of halogens is 3.